The van der Waals surface area contributed by atoms with Crippen LogP contribution in [0.5, 0.6) is 0 Å². The standard InChI is InChI=1S/C29H23F5N4OS/c30-20-4-6-21(7-5-20)38-26-13-19-10-12-37(40-22-8-9-23(24(31)14-22)29(32,33)34)17-28(19,15-18(26)16-36-38)27(39)25-3-1-2-11-35-25/h1-9,11,14,16,19H,10,12-13,15,17H2. The molecule has 1 aliphatic heterocycles. The number of halogens is 5. The number of hydrogen-bond acceptors (Lipinski definition) is 5. The van der Waals surface area contributed by atoms with Gasteiger partial charge in [0.2, 0.25) is 0 Å². The van der Waals surface area contributed by atoms with E-state index >= 15 is 0 Å². The first kappa shape index (κ1) is 26.6. The molecule has 2 unspecified atom stereocenters. The lowest BCUT2D eigenvalue weighted by molar-refractivity contribution is -0.140. The van der Waals surface area contributed by atoms with Gasteiger partial charge in [0, 0.05) is 29.9 Å². The number of carbonyl (C=O) groups is 1. The fourth-order valence-corrected chi connectivity index (χ4v) is 6.92. The Bertz CT molecular complexity index is 1560. The highest BCUT2D eigenvalue weighted by atomic mass is 32.2. The number of hydrogen-bond donors (Lipinski definition) is 0. The van der Waals surface area contributed by atoms with Crippen molar-refractivity contribution in [2.24, 2.45) is 11.3 Å². The van der Waals surface area contributed by atoms with Gasteiger partial charge in [-0.15, -0.1) is 0 Å². The van der Waals surface area contributed by atoms with Crippen molar-refractivity contribution in [2.75, 3.05) is 13.1 Å². The summed E-state index contributed by atoms with van der Waals surface area (Å²) in [5.74, 6) is -1.85. The molecule has 2 aromatic heterocycles. The van der Waals surface area contributed by atoms with E-state index < -0.39 is 23.0 Å². The number of alkyl halides is 3. The Morgan fingerprint density at radius 2 is 1.85 bits per heavy atom. The van der Waals surface area contributed by atoms with Crippen molar-refractivity contribution in [1.82, 2.24) is 19.1 Å². The number of pyridine rings is 1. The lowest BCUT2D eigenvalue weighted by Crippen LogP contribution is -2.55. The molecule has 0 spiro atoms. The quantitative estimate of drug-likeness (QED) is 0.155. The zero-order chi connectivity index (χ0) is 28.1. The van der Waals surface area contributed by atoms with Crippen LogP contribution in [-0.4, -0.2) is 37.9 Å². The van der Waals surface area contributed by atoms with Crippen LogP contribution in [0.25, 0.3) is 5.69 Å². The second-order valence-corrected chi connectivity index (χ2v) is 11.3. The van der Waals surface area contributed by atoms with Crippen molar-refractivity contribution in [3.8, 4) is 5.69 Å². The summed E-state index contributed by atoms with van der Waals surface area (Å²) in [6, 6.07) is 14.1. The van der Waals surface area contributed by atoms with Crippen LogP contribution in [0.1, 0.15) is 33.7 Å². The third kappa shape index (κ3) is 4.81. The van der Waals surface area contributed by atoms with Gasteiger partial charge >= 0.3 is 6.18 Å². The fourth-order valence-electron chi connectivity index (χ4n) is 5.85. The van der Waals surface area contributed by atoms with E-state index in [1.807, 2.05) is 4.31 Å². The molecule has 0 radical (unpaired) electrons. The Kier molecular flexibility index (Phi) is 6.74. The van der Waals surface area contributed by atoms with Gasteiger partial charge in [-0.2, -0.15) is 18.3 Å². The fraction of sp³-hybridized carbons (Fsp3) is 0.276. The Balaban J connectivity index is 1.34. The van der Waals surface area contributed by atoms with E-state index in [1.165, 1.54) is 18.2 Å². The number of carbonyl (C=O) groups excluding carboxylic acids is 1. The molecule has 4 aromatic rings. The molecule has 40 heavy (non-hydrogen) atoms. The minimum absolute atomic E-state index is 0.0633. The molecule has 0 N–H and O–H groups in total. The smallest absolute Gasteiger partial charge is 0.292 e. The van der Waals surface area contributed by atoms with Crippen molar-refractivity contribution in [1.29, 1.82) is 0 Å². The Morgan fingerprint density at radius 3 is 2.55 bits per heavy atom. The van der Waals surface area contributed by atoms with Crippen molar-refractivity contribution >= 4 is 17.7 Å². The molecule has 1 saturated heterocycles. The molecule has 2 atom stereocenters. The normalized spacial score (nSPS) is 21.1. The minimum atomic E-state index is -4.77. The van der Waals surface area contributed by atoms with E-state index in [1.54, 1.807) is 47.4 Å². The lowest BCUT2D eigenvalue weighted by atomic mass is 9.60. The molecule has 0 bridgehead atoms. The Labute approximate surface area is 231 Å². The summed E-state index contributed by atoms with van der Waals surface area (Å²) >= 11 is 1.15. The number of piperidine rings is 1. The first-order chi connectivity index (χ1) is 19.1. The summed E-state index contributed by atoms with van der Waals surface area (Å²) in [5, 5.41) is 4.56. The molecular formula is C29H23F5N4OS. The summed E-state index contributed by atoms with van der Waals surface area (Å²) in [5.41, 5.74) is 0.755. The van der Waals surface area contributed by atoms with Crippen LogP contribution in [0.2, 0.25) is 0 Å². The summed E-state index contributed by atoms with van der Waals surface area (Å²) in [4.78, 5) is 18.8. The summed E-state index contributed by atoms with van der Waals surface area (Å²) < 4.78 is 70.7. The summed E-state index contributed by atoms with van der Waals surface area (Å²) in [6.45, 7) is 0.858. The van der Waals surface area contributed by atoms with Crippen LogP contribution in [0, 0.1) is 23.0 Å². The van der Waals surface area contributed by atoms with Gasteiger partial charge in [0.25, 0.3) is 0 Å². The zero-order valence-corrected chi connectivity index (χ0v) is 21.9. The predicted octanol–water partition coefficient (Wildman–Crippen LogP) is 6.56. The molecule has 206 valence electrons. The molecule has 0 saturated carbocycles. The van der Waals surface area contributed by atoms with Crippen LogP contribution >= 0.6 is 11.9 Å². The SMILES string of the molecule is O=C(c1ccccn1)C12Cc3cnn(-c4ccc(F)cc4)c3CC1CCN(Sc1ccc(C(F)(F)F)c(F)c1)C2. The van der Waals surface area contributed by atoms with Gasteiger partial charge in [-0.25, -0.2) is 17.8 Å². The van der Waals surface area contributed by atoms with Crippen LogP contribution in [0.4, 0.5) is 22.0 Å². The Morgan fingerprint density at radius 1 is 1.05 bits per heavy atom. The van der Waals surface area contributed by atoms with Crippen molar-refractivity contribution in [3.05, 3.63) is 107 Å². The maximum absolute atomic E-state index is 14.3. The average Bonchev–Trinajstić information content (AvgIpc) is 3.33. The first-order valence-corrected chi connectivity index (χ1v) is 13.5. The highest BCUT2D eigenvalue weighted by molar-refractivity contribution is 7.97. The Hall–Kier alpha value is -3.57. The number of benzene rings is 2. The predicted molar refractivity (Wildman–Crippen MR) is 139 cm³/mol. The lowest BCUT2D eigenvalue weighted by Gasteiger charge is -2.49. The van der Waals surface area contributed by atoms with E-state index in [9.17, 15) is 26.7 Å². The first-order valence-electron chi connectivity index (χ1n) is 12.7. The summed E-state index contributed by atoms with van der Waals surface area (Å²) in [6.07, 6.45) is 0.117. The number of Topliss-reactive ketones (excluding diaryl/α,β-unsaturated/α-hetero) is 1. The highest BCUT2D eigenvalue weighted by Crippen LogP contribution is 2.49. The molecule has 2 aromatic carbocycles. The maximum atomic E-state index is 14.3. The second kappa shape index (κ2) is 10.1. The molecule has 11 heteroatoms. The molecule has 6 rings (SSSR count). The molecule has 1 fully saturated rings. The van der Waals surface area contributed by atoms with E-state index in [0.717, 1.165) is 41.0 Å². The molecule has 5 nitrogen and oxygen atoms in total. The van der Waals surface area contributed by atoms with Gasteiger partial charge in [-0.05, 0) is 97.3 Å². The zero-order valence-electron chi connectivity index (χ0n) is 21.0. The molecule has 1 aliphatic carbocycles. The van der Waals surface area contributed by atoms with Crippen LogP contribution in [0.15, 0.2) is 78.0 Å². The number of fused-ring (bicyclic) bond motifs is 2. The number of nitrogens with zero attached hydrogens (tertiary/aromatic N) is 4. The van der Waals surface area contributed by atoms with Gasteiger partial charge in [0.1, 0.15) is 17.3 Å². The maximum Gasteiger partial charge on any atom is 0.419 e. The minimum Gasteiger partial charge on any atom is -0.292 e. The number of aromatic nitrogens is 3. The third-order valence-electron chi connectivity index (χ3n) is 7.77. The van der Waals surface area contributed by atoms with E-state index in [4.69, 9.17) is 0 Å². The number of rotatable bonds is 5. The van der Waals surface area contributed by atoms with Gasteiger partial charge in [0.15, 0.2) is 5.78 Å². The van der Waals surface area contributed by atoms with Gasteiger partial charge in [-0.1, -0.05) is 6.07 Å². The van der Waals surface area contributed by atoms with Crippen molar-refractivity contribution in [3.63, 3.8) is 0 Å². The van der Waals surface area contributed by atoms with Gasteiger partial charge in [-0.3, -0.25) is 9.78 Å². The van der Waals surface area contributed by atoms with Crippen molar-refractivity contribution in [2.45, 2.75) is 30.3 Å². The second-order valence-electron chi connectivity index (χ2n) is 10.2. The van der Waals surface area contributed by atoms with Gasteiger partial charge < -0.3 is 0 Å². The highest BCUT2D eigenvalue weighted by Gasteiger charge is 2.53. The van der Waals surface area contributed by atoms with E-state index in [-0.39, 0.29) is 17.5 Å². The topological polar surface area (TPSA) is 51.0 Å². The average molecular weight is 571 g/mol. The molecule has 2 aliphatic rings. The monoisotopic (exact) mass is 570 g/mol. The number of ketones is 1. The molecule has 0 amide bonds. The van der Waals surface area contributed by atoms with E-state index in [0.29, 0.717) is 42.9 Å². The van der Waals surface area contributed by atoms with Gasteiger partial charge in [0.05, 0.1) is 22.9 Å². The molecular weight excluding hydrogens is 547 g/mol. The third-order valence-corrected chi connectivity index (χ3v) is 8.80. The van der Waals surface area contributed by atoms with Crippen LogP contribution in [0.3, 0.4) is 0 Å². The van der Waals surface area contributed by atoms with Crippen molar-refractivity contribution < 1.29 is 26.7 Å². The molecule has 3 heterocycles. The van der Waals surface area contributed by atoms with Crippen LogP contribution in [-0.2, 0) is 19.0 Å². The van der Waals surface area contributed by atoms with E-state index in [2.05, 4.69) is 10.1 Å². The largest absolute Gasteiger partial charge is 0.419 e. The summed E-state index contributed by atoms with van der Waals surface area (Å²) in [7, 11) is 0. The van der Waals surface area contributed by atoms with Crippen LogP contribution < -0.4 is 0 Å².